The van der Waals surface area contributed by atoms with Crippen molar-refractivity contribution in [2.45, 2.75) is 0 Å². The topological polar surface area (TPSA) is 91.9 Å². The van der Waals surface area contributed by atoms with Crippen LogP contribution in [0.15, 0.2) is 6.20 Å². The molecule has 0 aliphatic rings. The summed E-state index contributed by atoms with van der Waals surface area (Å²) < 4.78 is 4.68. The van der Waals surface area contributed by atoms with Crippen LogP contribution < -0.4 is 4.74 Å². The first kappa shape index (κ1) is 8.07. The third-order valence-corrected chi connectivity index (χ3v) is 1.34. The van der Waals surface area contributed by atoms with Crippen molar-refractivity contribution in [1.29, 1.82) is 5.26 Å². The highest BCUT2D eigenvalue weighted by molar-refractivity contribution is 5.54. The van der Waals surface area contributed by atoms with Crippen LogP contribution in [-0.2, 0) is 0 Å². The maximum Gasteiger partial charge on any atom is 0.308 e. The summed E-state index contributed by atoms with van der Waals surface area (Å²) in [7, 11) is 1.33. The minimum Gasteiger partial charge on any atom is -0.481 e. The van der Waals surface area contributed by atoms with Crippen molar-refractivity contribution >= 4 is 5.69 Å². The number of rotatable bonds is 2. The number of hydrogen-bond donors (Lipinski definition) is 1. The number of nitrogens with zero attached hydrogens (tertiary/aromatic N) is 2. The van der Waals surface area contributed by atoms with Crippen LogP contribution in [0.4, 0.5) is 5.69 Å². The lowest BCUT2D eigenvalue weighted by Gasteiger charge is -1.91. The SMILES string of the molecule is COc1[nH]cc([N+](=O)[O-])c1C#N. The Morgan fingerprint density at radius 3 is 2.92 bits per heavy atom. The Bertz CT molecular complexity index is 349. The molecule has 0 saturated carbocycles. The van der Waals surface area contributed by atoms with Crippen molar-refractivity contribution < 1.29 is 9.66 Å². The van der Waals surface area contributed by atoms with E-state index in [0.717, 1.165) is 6.20 Å². The molecule has 0 atom stereocenters. The normalized spacial score (nSPS) is 9.00. The van der Waals surface area contributed by atoms with E-state index in [9.17, 15) is 10.1 Å². The second-order valence-corrected chi connectivity index (χ2v) is 1.95. The van der Waals surface area contributed by atoms with Gasteiger partial charge in [0.05, 0.1) is 18.2 Å². The van der Waals surface area contributed by atoms with E-state index in [2.05, 4.69) is 9.72 Å². The van der Waals surface area contributed by atoms with Gasteiger partial charge in [-0.3, -0.25) is 10.1 Å². The molecule has 1 rings (SSSR count). The smallest absolute Gasteiger partial charge is 0.308 e. The van der Waals surface area contributed by atoms with Gasteiger partial charge in [0.15, 0.2) is 5.56 Å². The number of aromatic amines is 1. The molecule has 0 spiro atoms. The van der Waals surface area contributed by atoms with Gasteiger partial charge in [-0.1, -0.05) is 0 Å². The summed E-state index contributed by atoms with van der Waals surface area (Å²) in [6, 6.07) is 1.68. The molecule has 1 heterocycles. The zero-order valence-electron chi connectivity index (χ0n) is 6.20. The molecule has 0 fully saturated rings. The summed E-state index contributed by atoms with van der Waals surface area (Å²) in [6.45, 7) is 0. The van der Waals surface area contributed by atoms with E-state index in [-0.39, 0.29) is 17.1 Å². The molecule has 6 heteroatoms. The minimum absolute atomic E-state index is 0.0810. The highest BCUT2D eigenvalue weighted by Gasteiger charge is 2.20. The van der Waals surface area contributed by atoms with Gasteiger partial charge in [0.2, 0.25) is 5.88 Å². The second-order valence-electron chi connectivity index (χ2n) is 1.95. The molecule has 0 aliphatic carbocycles. The van der Waals surface area contributed by atoms with E-state index < -0.39 is 4.92 Å². The van der Waals surface area contributed by atoms with E-state index in [1.807, 2.05) is 0 Å². The van der Waals surface area contributed by atoms with Crippen molar-refractivity contribution in [1.82, 2.24) is 4.98 Å². The predicted octanol–water partition coefficient (Wildman–Crippen LogP) is 0.803. The first-order valence-electron chi connectivity index (χ1n) is 3.00. The maximum absolute atomic E-state index is 10.3. The molecule has 1 N–H and O–H groups in total. The highest BCUT2D eigenvalue weighted by Crippen LogP contribution is 2.25. The Labute approximate surface area is 67.5 Å². The van der Waals surface area contributed by atoms with E-state index in [4.69, 9.17) is 5.26 Å². The number of nitro groups is 1. The molecule has 0 saturated heterocycles. The van der Waals surface area contributed by atoms with E-state index >= 15 is 0 Å². The zero-order valence-corrected chi connectivity index (χ0v) is 6.20. The largest absolute Gasteiger partial charge is 0.481 e. The Kier molecular flexibility index (Phi) is 1.96. The Balaban J connectivity index is 3.25. The van der Waals surface area contributed by atoms with Crippen molar-refractivity contribution in [2.75, 3.05) is 7.11 Å². The fourth-order valence-electron chi connectivity index (χ4n) is 0.808. The molecule has 6 nitrogen and oxygen atoms in total. The molecule has 0 bridgehead atoms. The number of methoxy groups -OCH3 is 1. The fourth-order valence-corrected chi connectivity index (χ4v) is 0.808. The van der Waals surface area contributed by atoms with Crippen LogP contribution in [0.3, 0.4) is 0 Å². The molecule has 0 aliphatic heterocycles. The van der Waals surface area contributed by atoms with Crippen LogP contribution in [-0.4, -0.2) is 17.0 Å². The van der Waals surface area contributed by atoms with E-state index in [0.29, 0.717) is 0 Å². The van der Waals surface area contributed by atoms with E-state index in [1.165, 1.54) is 7.11 Å². The van der Waals surface area contributed by atoms with Crippen LogP contribution in [0.2, 0.25) is 0 Å². The molecule has 62 valence electrons. The number of H-pyrrole nitrogens is 1. The zero-order chi connectivity index (χ0) is 9.14. The fraction of sp³-hybridized carbons (Fsp3) is 0.167. The van der Waals surface area contributed by atoms with Gasteiger partial charge in [-0.15, -0.1) is 0 Å². The van der Waals surface area contributed by atoms with Gasteiger partial charge in [-0.05, 0) is 0 Å². The van der Waals surface area contributed by atoms with Gasteiger partial charge in [-0.2, -0.15) is 5.26 Å². The monoisotopic (exact) mass is 167 g/mol. The van der Waals surface area contributed by atoms with Crippen molar-refractivity contribution in [2.24, 2.45) is 0 Å². The summed E-state index contributed by atoms with van der Waals surface area (Å²) >= 11 is 0. The second kappa shape index (κ2) is 2.92. The number of nitrogens with one attached hydrogen (secondary N) is 1. The van der Waals surface area contributed by atoms with Gasteiger partial charge >= 0.3 is 5.69 Å². The third kappa shape index (κ3) is 1.08. The van der Waals surface area contributed by atoms with Crippen LogP contribution in [0, 0.1) is 21.4 Å². The predicted molar refractivity (Wildman–Crippen MR) is 38.7 cm³/mol. The van der Waals surface area contributed by atoms with Gasteiger partial charge in [-0.25, -0.2) is 0 Å². The summed E-state index contributed by atoms with van der Waals surface area (Å²) in [5.41, 5.74) is -0.350. The quantitative estimate of drug-likeness (QED) is 0.520. The van der Waals surface area contributed by atoms with Crippen LogP contribution in [0.1, 0.15) is 5.56 Å². The lowest BCUT2D eigenvalue weighted by Crippen LogP contribution is -1.89. The minimum atomic E-state index is -0.641. The number of nitriles is 1. The first-order chi connectivity index (χ1) is 5.70. The number of hydrogen-bond acceptors (Lipinski definition) is 4. The standard InChI is InChI=1S/C6H5N3O3/c1-12-6-4(2-7)5(3-8-6)9(10)11/h3,8H,1H3. The maximum atomic E-state index is 10.3. The third-order valence-electron chi connectivity index (χ3n) is 1.34. The number of ether oxygens (including phenoxy) is 1. The lowest BCUT2D eigenvalue weighted by atomic mass is 10.3. The van der Waals surface area contributed by atoms with Gasteiger partial charge < -0.3 is 9.72 Å². The van der Waals surface area contributed by atoms with Gasteiger partial charge in [0.1, 0.15) is 6.07 Å². The highest BCUT2D eigenvalue weighted by atomic mass is 16.6. The average molecular weight is 167 g/mol. The molecule has 0 unspecified atom stereocenters. The molecule has 0 radical (unpaired) electrons. The molecular weight excluding hydrogens is 162 g/mol. The lowest BCUT2D eigenvalue weighted by molar-refractivity contribution is -0.385. The summed E-state index contributed by atoms with van der Waals surface area (Å²) in [4.78, 5) is 12.1. The van der Waals surface area contributed by atoms with Crippen molar-refractivity contribution in [3.63, 3.8) is 0 Å². The summed E-state index contributed by atoms with van der Waals surface area (Å²) in [5, 5.41) is 18.8. The molecule has 0 aromatic carbocycles. The van der Waals surface area contributed by atoms with Crippen molar-refractivity contribution in [3.05, 3.63) is 21.9 Å². The summed E-state index contributed by atoms with van der Waals surface area (Å²) in [6.07, 6.45) is 1.12. The van der Waals surface area contributed by atoms with E-state index in [1.54, 1.807) is 6.07 Å². The molecular formula is C6H5N3O3. The Morgan fingerprint density at radius 1 is 1.83 bits per heavy atom. The Morgan fingerprint density at radius 2 is 2.50 bits per heavy atom. The average Bonchev–Trinajstić information content (AvgIpc) is 2.46. The van der Waals surface area contributed by atoms with Gasteiger partial charge in [0, 0.05) is 0 Å². The molecule has 1 aromatic rings. The van der Waals surface area contributed by atoms with Crippen LogP contribution in [0.5, 0.6) is 5.88 Å². The van der Waals surface area contributed by atoms with Crippen molar-refractivity contribution in [3.8, 4) is 11.9 Å². The summed E-state index contributed by atoms with van der Waals surface area (Å²) in [5.74, 6) is 0.115. The number of aromatic nitrogens is 1. The molecule has 12 heavy (non-hydrogen) atoms. The Hall–Kier alpha value is -2.03. The van der Waals surface area contributed by atoms with Gasteiger partial charge in [0.25, 0.3) is 0 Å². The first-order valence-corrected chi connectivity index (χ1v) is 3.00. The molecule has 0 amide bonds. The van der Waals surface area contributed by atoms with Crippen LogP contribution >= 0.6 is 0 Å². The molecule has 1 aromatic heterocycles. The van der Waals surface area contributed by atoms with Crippen LogP contribution in [0.25, 0.3) is 0 Å².